The van der Waals surface area contributed by atoms with Gasteiger partial charge >= 0.3 is 0 Å². The number of rotatable bonds is 7. The van der Waals surface area contributed by atoms with Gasteiger partial charge in [-0.15, -0.1) is 0 Å². The van der Waals surface area contributed by atoms with Crippen molar-refractivity contribution < 1.29 is 9.53 Å². The molecule has 0 saturated carbocycles. The molecule has 2 atom stereocenters. The monoisotopic (exact) mass is 331 g/mol. The van der Waals surface area contributed by atoms with Gasteiger partial charge in [0.15, 0.2) is 5.78 Å². The van der Waals surface area contributed by atoms with Gasteiger partial charge in [0.25, 0.3) is 0 Å². The molecule has 23 heavy (non-hydrogen) atoms. The van der Waals surface area contributed by atoms with E-state index in [0.717, 1.165) is 5.56 Å². The van der Waals surface area contributed by atoms with E-state index in [4.69, 9.17) is 16.3 Å². The fourth-order valence-corrected chi connectivity index (χ4v) is 2.62. The summed E-state index contributed by atoms with van der Waals surface area (Å²) in [6, 6.07) is 16.2. The van der Waals surface area contributed by atoms with Crippen LogP contribution in [0.15, 0.2) is 54.6 Å². The number of hydrogen-bond donors (Lipinski definition) is 1. The van der Waals surface area contributed by atoms with Crippen molar-refractivity contribution in [2.75, 3.05) is 7.05 Å². The predicted molar refractivity (Wildman–Crippen MR) is 94.0 cm³/mol. The Hall–Kier alpha value is -1.68. The van der Waals surface area contributed by atoms with E-state index in [1.165, 1.54) is 0 Å². The molecule has 2 aromatic rings. The summed E-state index contributed by atoms with van der Waals surface area (Å²) in [6.45, 7) is 3.92. The van der Waals surface area contributed by atoms with Crippen molar-refractivity contribution in [3.63, 3.8) is 0 Å². The molecule has 0 aliphatic heterocycles. The van der Waals surface area contributed by atoms with Crippen molar-refractivity contribution in [2.24, 2.45) is 0 Å². The molecule has 0 saturated heterocycles. The third kappa shape index (κ3) is 4.64. The minimum atomic E-state index is -0.471. The molecule has 1 N–H and O–H groups in total. The summed E-state index contributed by atoms with van der Waals surface area (Å²) in [7, 11) is 1.78. The van der Waals surface area contributed by atoms with Crippen LogP contribution in [0.25, 0.3) is 0 Å². The largest absolute Gasteiger partial charge is 0.369 e. The summed E-state index contributed by atoms with van der Waals surface area (Å²) in [6.07, 6.45) is -0.389. The van der Waals surface area contributed by atoms with Crippen molar-refractivity contribution in [1.82, 2.24) is 5.32 Å². The van der Waals surface area contributed by atoms with Crippen molar-refractivity contribution >= 4 is 17.4 Å². The predicted octanol–water partition coefficient (Wildman–Crippen LogP) is 4.28. The van der Waals surface area contributed by atoms with Gasteiger partial charge in [-0.2, -0.15) is 0 Å². The quantitative estimate of drug-likeness (QED) is 0.770. The van der Waals surface area contributed by atoms with Crippen LogP contribution < -0.4 is 5.32 Å². The zero-order valence-corrected chi connectivity index (χ0v) is 14.4. The average molecular weight is 332 g/mol. The molecule has 0 heterocycles. The Morgan fingerprint density at radius 2 is 1.65 bits per heavy atom. The van der Waals surface area contributed by atoms with E-state index in [-0.39, 0.29) is 18.0 Å². The van der Waals surface area contributed by atoms with Gasteiger partial charge < -0.3 is 10.1 Å². The maximum atomic E-state index is 12.9. The number of carbonyl (C=O) groups is 1. The van der Waals surface area contributed by atoms with Crippen LogP contribution in [0.4, 0.5) is 0 Å². The van der Waals surface area contributed by atoms with E-state index in [2.05, 4.69) is 5.32 Å². The van der Waals surface area contributed by atoms with Crippen molar-refractivity contribution in [3.05, 3.63) is 70.7 Å². The number of ether oxygens (including phenoxy) is 1. The van der Waals surface area contributed by atoms with Crippen LogP contribution in [0.1, 0.15) is 35.9 Å². The van der Waals surface area contributed by atoms with Gasteiger partial charge in [0, 0.05) is 10.6 Å². The molecular formula is C19H22ClNO2. The normalized spacial score (nSPS) is 13.8. The van der Waals surface area contributed by atoms with Crippen LogP contribution in [0.2, 0.25) is 5.02 Å². The summed E-state index contributed by atoms with van der Waals surface area (Å²) >= 11 is 5.97. The lowest BCUT2D eigenvalue weighted by Crippen LogP contribution is -2.41. The number of halogens is 1. The third-order valence-corrected chi connectivity index (χ3v) is 3.82. The zero-order valence-electron chi connectivity index (χ0n) is 13.6. The number of hydrogen-bond acceptors (Lipinski definition) is 3. The summed E-state index contributed by atoms with van der Waals surface area (Å²) in [5.74, 6) is 0.00806. The smallest absolute Gasteiger partial charge is 0.182 e. The molecule has 0 fully saturated rings. The van der Waals surface area contributed by atoms with Crippen molar-refractivity contribution in [3.8, 4) is 0 Å². The summed E-state index contributed by atoms with van der Waals surface area (Å²) in [5, 5.41) is 3.77. The van der Waals surface area contributed by atoms with Crippen LogP contribution in [-0.4, -0.2) is 25.0 Å². The van der Waals surface area contributed by atoms with Gasteiger partial charge in [-0.05, 0) is 38.6 Å². The molecule has 0 bridgehead atoms. The van der Waals surface area contributed by atoms with Crippen molar-refractivity contribution in [2.45, 2.75) is 32.1 Å². The van der Waals surface area contributed by atoms with Gasteiger partial charge in [-0.3, -0.25) is 4.79 Å². The standard InChI is InChI=1S/C19H22ClNO2/c1-13(2)23-19(15-9-11-16(20)12-10-15)17(21-3)18(22)14-7-5-4-6-8-14/h4-13,17,19,21H,1-3H3/t17-,19+/m0/s1. The maximum Gasteiger partial charge on any atom is 0.182 e. The Bertz CT molecular complexity index is 626. The van der Waals surface area contributed by atoms with E-state index in [9.17, 15) is 4.79 Å². The Morgan fingerprint density at radius 3 is 2.17 bits per heavy atom. The van der Waals surface area contributed by atoms with Gasteiger partial charge in [0.2, 0.25) is 0 Å². The van der Waals surface area contributed by atoms with Gasteiger partial charge in [-0.1, -0.05) is 54.1 Å². The number of ketones is 1. The first-order valence-electron chi connectivity index (χ1n) is 7.70. The summed E-state index contributed by atoms with van der Waals surface area (Å²) in [5.41, 5.74) is 1.59. The molecule has 0 amide bonds. The second kappa shape index (κ2) is 8.25. The van der Waals surface area contributed by atoms with Crippen molar-refractivity contribution in [1.29, 1.82) is 0 Å². The molecule has 3 nitrogen and oxygen atoms in total. The molecular weight excluding hydrogens is 310 g/mol. The number of likely N-dealkylation sites (N-methyl/N-ethyl adjacent to an activating group) is 1. The molecule has 0 aliphatic carbocycles. The first-order chi connectivity index (χ1) is 11.0. The van der Waals surface area contributed by atoms with Gasteiger partial charge in [-0.25, -0.2) is 0 Å². The third-order valence-electron chi connectivity index (χ3n) is 3.57. The van der Waals surface area contributed by atoms with Crippen LogP contribution in [-0.2, 0) is 4.74 Å². The molecule has 2 aromatic carbocycles. The highest BCUT2D eigenvalue weighted by atomic mass is 35.5. The topological polar surface area (TPSA) is 38.3 Å². The molecule has 0 aromatic heterocycles. The number of Topliss-reactive ketones (excluding diaryl/α,β-unsaturated/α-hetero) is 1. The second-order valence-corrected chi connectivity index (χ2v) is 6.09. The van der Waals surface area contributed by atoms with E-state index in [0.29, 0.717) is 10.6 Å². The lowest BCUT2D eigenvalue weighted by molar-refractivity contribution is -0.0103. The van der Waals surface area contributed by atoms with Gasteiger partial charge in [0.05, 0.1) is 6.10 Å². The fourth-order valence-electron chi connectivity index (χ4n) is 2.50. The first kappa shape index (κ1) is 17.7. The average Bonchev–Trinajstić information content (AvgIpc) is 2.55. The molecule has 0 unspecified atom stereocenters. The van der Waals surface area contributed by atoms with E-state index < -0.39 is 6.04 Å². The second-order valence-electron chi connectivity index (χ2n) is 5.65. The maximum absolute atomic E-state index is 12.9. The highest BCUT2D eigenvalue weighted by molar-refractivity contribution is 6.30. The number of nitrogens with one attached hydrogen (secondary N) is 1. The highest BCUT2D eigenvalue weighted by Gasteiger charge is 2.30. The molecule has 0 radical (unpaired) electrons. The summed E-state index contributed by atoms with van der Waals surface area (Å²) < 4.78 is 6.05. The Balaban J connectivity index is 2.35. The van der Waals surface area contributed by atoms with Crippen LogP contribution in [0.5, 0.6) is 0 Å². The Morgan fingerprint density at radius 1 is 1.04 bits per heavy atom. The number of benzene rings is 2. The minimum Gasteiger partial charge on any atom is -0.369 e. The molecule has 122 valence electrons. The van der Waals surface area contributed by atoms with Crippen LogP contribution >= 0.6 is 11.6 Å². The highest BCUT2D eigenvalue weighted by Crippen LogP contribution is 2.26. The van der Waals surface area contributed by atoms with Gasteiger partial charge in [0.1, 0.15) is 12.1 Å². The summed E-state index contributed by atoms with van der Waals surface area (Å²) in [4.78, 5) is 12.9. The minimum absolute atomic E-state index is 0.00454. The zero-order chi connectivity index (χ0) is 16.8. The molecule has 2 rings (SSSR count). The number of carbonyl (C=O) groups excluding carboxylic acids is 1. The van der Waals surface area contributed by atoms with Crippen LogP contribution in [0.3, 0.4) is 0 Å². The Kier molecular flexibility index (Phi) is 6.34. The van der Waals surface area contributed by atoms with E-state index >= 15 is 0 Å². The lowest BCUT2D eigenvalue weighted by Gasteiger charge is -2.28. The van der Waals surface area contributed by atoms with Crippen LogP contribution in [0, 0.1) is 0 Å². The Labute approximate surface area is 142 Å². The first-order valence-corrected chi connectivity index (χ1v) is 8.08. The molecule has 0 spiro atoms. The SMILES string of the molecule is CN[C@@H](C(=O)c1ccccc1)[C@H](OC(C)C)c1ccc(Cl)cc1. The fraction of sp³-hybridized carbons (Fsp3) is 0.316. The molecule has 4 heteroatoms. The molecule has 0 aliphatic rings. The lowest BCUT2D eigenvalue weighted by atomic mass is 9.94. The van der Waals surface area contributed by atoms with E-state index in [1.807, 2.05) is 68.4 Å². The van der Waals surface area contributed by atoms with E-state index in [1.54, 1.807) is 7.05 Å².